The van der Waals surface area contributed by atoms with Gasteiger partial charge in [-0.2, -0.15) is 4.99 Å². The van der Waals surface area contributed by atoms with Crippen LogP contribution in [0.2, 0.25) is 0 Å². The molecule has 4 heterocycles. The van der Waals surface area contributed by atoms with Crippen LogP contribution in [-0.4, -0.2) is 82.0 Å². The Hall–Kier alpha value is -4.10. The van der Waals surface area contributed by atoms with Crippen molar-refractivity contribution >= 4 is 52.6 Å². The van der Waals surface area contributed by atoms with Crippen molar-refractivity contribution in [2.24, 2.45) is 16.8 Å². The summed E-state index contributed by atoms with van der Waals surface area (Å²) in [5.41, 5.74) is 1.99. The number of carbonyl (C=O) groups excluding carboxylic acids is 2. The lowest BCUT2D eigenvalue weighted by molar-refractivity contribution is -0.146. The van der Waals surface area contributed by atoms with E-state index in [9.17, 15) is 9.59 Å². The topological polar surface area (TPSA) is 132 Å². The Kier molecular flexibility index (Phi) is 9.98. The normalized spacial score (nSPS) is 18.8. The van der Waals surface area contributed by atoms with Crippen LogP contribution >= 0.6 is 12.2 Å². The molecule has 240 valence electrons. The van der Waals surface area contributed by atoms with Crippen LogP contribution in [0.4, 0.5) is 16.3 Å². The lowest BCUT2D eigenvalue weighted by atomic mass is 9.97. The molecule has 2 N–H and O–H groups in total. The second-order valence-electron chi connectivity index (χ2n) is 12.6. The zero-order chi connectivity index (χ0) is 32.1. The average molecular weight is 636 g/mol. The molecule has 45 heavy (non-hydrogen) atoms. The Labute approximate surface area is 268 Å². The number of aromatic nitrogens is 3. The Morgan fingerprint density at radius 1 is 1.16 bits per heavy atom. The second kappa shape index (κ2) is 13.9. The molecular formula is C32H41N7O5S. The number of hydrogen-bond donors (Lipinski definition) is 2. The van der Waals surface area contributed by atoms with E-state index in [0.717, 1.165) is 48.5 Å². The van der Waals surface area contributed by atoms with E-state index in [-0.39, 0.29) is 24.7 Å². The fourth-order valence-electron chi connectivity index (χ4n) is 5.29. The van der Waals surface area contributed by atoms with Gasteiger partial charge in [0.05, 0.1) is 24.7 Å². The molecule has 2 aliphatic rings. The first-order valence-corrected chi connectivity index (χ1v) is 15.7. The number of nitrogens with zero attached hydrogens (tertiary/aromatic N) is 5. The van der Waals surface area contributed by atoms with Gasteiger partial charge < -0.3 is 29.7 Å². The minimum absolute atomic E-state index is 0.0925. The van der Waals surface area contributed by atoms with Crippen molar-refractivity contribution < 1.29 is 23.8 Å². The number of carbonyl (C=O) groups is 2. The molecule has 1 amide bonds. The standard InChI is InChI=1S/C32H41N7O5S/c1-20(2)25(17-34-31(41)44-32(3,4)5)29(40)42-16-14-33-30(45)35-22-10-8-21(9-11-22)27-36-28(26-7-6-15-39(26)37-27)38-18-23-12-13-24(19-38)43-23/h6-11,15,17,20,23-25H,12-14,16,18-19H2,1-5H3,(H2,33,35,45)/t23-,24+,25?. The number of hydrogen-bond acceptors (Lipinski definition) is 9. The van der Waals surface area contributed by atoms with Gasteiger partial charge in [-0.3, -0.25) is 4.79 Å². The zero-order valence-corrected chi connectivity index (χ0v) is 27.2. The van der Waals surface area contributed by atoms with E-state index in [1.807, 2.05) is 61.0 Å². The molecule has 1 aromatic carbocycles. The van der Waals surface area contributed by atoms with Crippen LogP contribution < -0.4 is 15.5 Å². The predicted molar refractivity (Wildman–Crippen MR) is 177 cm³/mol. The highest BCUT2D eigenvalue weighted by Gasteiger charge is 2.35. The van der Waals surface area contributed by atoms with E-state index in [2.05, 4.69) is 20.5 Å². The smallest absolute Gasteiger partial charge is 0.433 e. The molecule has 0 aliphatic carbocycles. The number of benzene rings is 1. The maximum Gasteiger partial charge on any atom is 0.433 e. The predicted octanol–water partition coefficient (Wildman–Crippen LogP) is 4.87. The van der Waals surface area contributed by atoms with E-state index in [1.165, 1.54) is 6.21 Å². The molecule has 2 aliphatic heterocycles. The molecule has 3 atom stereocenters. The monoisotopic (exact) mass is 635 g/mol. The molecule has 1 unspecified atom stereocenters. The first-order chi connectivity index (χ1) is 21.4. The van der Waals surface area contributed by atoms with Crippen molar-refractivity contribution in [3.05, 3.63) is 42.6 Å². The number of rotatable bonds is 9. The van der Waals surface area contributed by atoms with Crippen LogP contribution in [0.5, 0.6) is 0 Å². The molecule has 2 fully saturated rings. The number of morpholine rings is 1. The van der Waals surface area contributed by atoms with Gasteiger partial charge in [-0.15, -0.1) is 5.10 Å². The van der Waals surface area contributed by atoms with Crippen LogP contribution in [0, 0.1) is 11.8 Å². The Balaban J connectivity index is 1.12. The number of anilines is 2. The van der Waals surface area contributed by atoms with Gasteiger partial charge in [0.2, 0.25) is 0 Å². The summed E-state index contributed by atoms with van der Waals surface area (Å²) in [6, 6.07) is 11.8. The summed E-state index contributed by atoms with van der Waals surface area (Å²) in [7, 11) is 0. The van der Waals surface area contributed by atoms with Crippen LogP contribution in [-0.2, 0) is 19.0 Å². The number of amides is 1. The van der Waals surface area contributed by atoms with Crippen LogP contribution in [0.1, 0.15) is 47.5 Å². The Morgan fingerprint density at radius 2 is 1.87 bits per heavy atom. The van der Waals surface area contributed by atoms with E-state index in [0.29, 0.717) is 17.5 Å². The minimum atomic E-state index is -0.745. The third-order valence-corrected chi connectivity index (χ3v) is 7.72. The second-order valence-corrected chi connectivity index (χ2v) is 13.0. The molecule has 5 rings (SSSR count). The summed E-state index contributed by atoms with van der Waals surface area (Å²) >= 11 is 5.43. The largest absolute Gasteiger partial charge is 0.463 e. The van der Waals surface area contributed by atoms with Gasteiger partial charge in [0.15, 0.2) is 16.8 Å². The van der Waals surface area contributed by atoms with Crippen LogP contribution in [0.25, 0.3) is 16.9 Å². The highest BCUT2D eigenvalue weighted by atomic mass is 32.1. The fourth-order valence-corrected chi connectivity index (χ4v) is 5.51. The SMILES string of the molecule is CC(C)C(C=NC(=O)OC(C)(C)C)C(=O)OCCNC(=S)Nc1ccc(-c2nc(N3C[C@H]4CC[C@@H](C3)O4)c3cccn3n2)cc1. The maximum atomic E-state index is 12.6. The maximum absolute atomic E-state index is 12.6. The minimum Gasteiger partial charge on any atom is -0.463 e. The first-order valence-electron chi connectivity index (χ1n) is 15.3. The van der Waals surface area contributed by atoms with E-state index in [4.69, 9.17) is 36.5 Å². The van der Waals surface area contributed by atoms with E-state index >= 15 is 0 Å². The van der Waals surface area contributed by atoms with Gasteiger partial charge in [-0.05, 0) is 88.1 Å². The summed E-state index contributed by atoms with van der Waals surface area (Å²) in [5.74, 6) is 0.298. The zero-order valence-electron chi connectivity index (χ0n) is 26.4. The summed E-state index contributed by atoms with van der Waals surface area (Å²) in [5, 5.41) is 11.3. The lowest BCUT2D eigenvalue weighted by Gasteiger charge is -2.33. The van der Waals surface area contributed by atoms with Crippen molar-refractivity contribution in [1.29, 1.82) is 0 Å². The van der Waals surface area contributed by atoms with Gasteiger partial charge in [0.1, 0.15) is 17.7 Å². The van der Waals surface area contributed by atoms with Crippen molar-refractivity contribution in [1.82, 2.24) is 19.9 Å². The van der Waals surface area contributed by atoms with Crippen molar-refractivity contribution in [2.45, 2.75) is 65.3 Å². The highest BCUT2D eigenvalue weighted by Crippen LogP contribution is 2.32. The number of fused-ring (bicyclic) bond motifs is 3. The molecule has 2 aromatic heterocycles. The first kappa shape index (κ1) is 32.3. The summed E-state index contributed by atoms with van der Waals surface area (Å²) in [6.07, 6.45) is 5.20. The summed E-state index contributed by atoms with van der Waals surface area (Å²) in [6.45, 7) is 11.0. The molecule has 2 bridgehead atoms. The molecule has 0 radical (unpaired) electrons. The van der Waals surface area contributed by atoms with Gasteiger partial charge in [-0.1, -0.05) is 13.8 Å². The Bertz CT molecular complexity index is 1540. The Morgan fingerprint density at radius 3 is 2.53 bits per heavy atom. The molecular weight excluding hydrogens is 594 g/mol. The van der Waals surface area contributed by atoms with Crippen LogP contribution in [0.3, 0.4) is 0 Å². The van der Waals surface area contributed by atoms with Crippen molar-refractivity contribution in [3.63, 3.8) is 0 Å². The molecule has 0 spiro atoms. The third-order valence-electron chi connectivity index (χ3n) is 7.47. The fraction of sp³-hybridized carbons (Fsp3) is 0.500. The van der Waals surface area contributed by atoms with Crippen molar-refractivity contribution in [2.75, 3.05) is 36.5 Å². The lowest BCUT2D eigenvalue weighted by Crippen LogP contribution is -2.43. The average Bonchev–Trinajstić information content (AvgIpc) is 3.59. The molecule has 13 heteroatoms. The van der Waals surface area contributed by atoms with Crippen LogP contribution in [0.15, 0.2) is 47.6 Å². The van der Waals surface area contributed by atoms with Gasteiger partial charge in [0.25, 0.3) is 0 Å². The quantitative estimate of drug-likeness (QED) is 0.144. The molecule has 0 saturated carbocycles. The highest BCUT2D eigenvalue weighted by molar-refractivity contribution is 7.80. The van der Waals surface area contributed by atoms with Gasteiger partial charge in [0, 0.05) is 36.8 Å². The number of thiocarbonyl (C=S) groups is 1. The summed E-state index contributed by atoms with van der Waals surface area (Å²) < 4.78 is 18.5. The number of esters is 1. The van der Waals surface area contributed by atoms with Gasteiger partial charge >= 0.3 is 12.1 Å². The van der Waals surface area contributed by atoms with E-state index < -0.39 is 23.6 Å². The summed E-state index contributed by atoms with van der Waals surface area (Å²) in [4.78, 5) is 35.6. The third kappa shape index (κ3) is 8.54. The molecule has 3 aromatic rings. The number of nitrogens with one attached hydrogen (secondary N) is 2. The van der Waals surface area contributed by atoms with E-state index in [1.54, 1.807) is 20.8 Å². The van der Waals surface area contributed by atoms with Gasteiger partial charge in [-0.25, -0.2) is 14.3 Å². The number of ether oxygens (including phenoxy) is 3. The van der Waals surface area contributed by atoms with Crippen molar-refractivity contribution in [3.8, 4) is 11.4 Å². The molecule has 12 nitrogen and oxygen atoms in total. The molecule has 2 saturated heterocycles. The number of aliphatic imine (C=N–C) groups is 1.